The van der Waals surface area contributed by atoms with Gasteiger partial charge < -0.3 is 14.7 Å². The molecule has 1 amide bonds. The minimum absolute atomic E-state index is 0.0231. The molecule has 0 radical (unpaired) electrons. The van der Waals surface area contributed by atoms with Crippen LogP contribution in [0.15, 0.2) is 30.3 Å². The van der Waals surface area contributed by atoms with Gasteiger partial charge in [-0.2, -0.15) is 0 Å². The first kappa shape index (κ1) is 17.2. The van der Waals surface area contributed by atoms with E-state index in [1.165, 1.54) is 0 Å². The fourth-order valence-corrected chi connectivity index (χ4v) is 2.37. The number of carbonyl (C=O) groups excluding carboxylic acids is 1. The summed E-state index contributed by atoms with van der Waals surface area (Å²) >= 11 is 0. The number of rotatable bonds is 8. The van der Waals surface area contributed by atoms with Crippen molar-refractivity contribution in [3.8, 4) is 5.75 Å². The van der Waals surface area contributed by atoms with Gasteiger partial charge in [0, 0.05) is 24.2 Å². The lowest BCUT2D eigenvalue weighted by molar-refractivity contribution is -0.128. The Bertz CT molecular complexity index is 467. The summed E-state index contributed by atoms with van der Waals surface area (Å²) in [5, 5.41) is 9.15. The van der Waals surface area contributed by atoms with Gasteiger partial charge in [-0.3, -0.25) is 4.79 Å². The highest BCUT2D eigenvalue weighted by atomic mass is 16.5. The lowest BCUT2D eigenvalue weighted by Crippen LogP contribution is -2.40. The summed E-state index contributed by atoms with van der Waals surface area (Å²) in [4.78, 5) is 14.1. The summed E-state index contributed by atoms with van der Waals surface area (Å²) in [6.45, 7) is 4.44. The Hall–Kier alpha value is -1.81. The third-order valence-electron chi connectivity index (χ3n) is 3.55. The molecule has 0 unspecified atom stereocenters. The Morgan fingerprint density at radius 1 is 1.33 bits per heavy atom. The van der Waals surface area contributed by atoms with Crippen LogP contribution in [-0.4, -0.2) is 42.2 Å². The van der Waals surface area contributed by atoms with E-state index in [0.29, 0.717) is 6.54 Å². The fourth-order valence-electron chi connectivity index (χ4n) is 2.37. The molecule has 0 atom stereocenters. The molecule has 1 aromatic carbocycles. The number of methoxy groups -OCH3 is 1. The SMILES string of the molecule is CCC(CC)N(CCO)C(=O)C=Cc1ccccc1OC. The van der Waals surface area contributed by atoms with Gasteiger partial charge in [-0.1, -0.05) is 32.0 Å². The zero-order valence-electron chi connectivity index (χ0n) is 13.1. The van der Waals surface area contributed by atoms with Crippen LogP contribution in [0.3, 0.4) is 0 Å². The number of ether oxygens (including phenoxy) is 1. The maximum absolute atomic E-state index is 12.4. The number of carbonyl (C=O) groups is 1. The van der Waals surface area contributed by atoms with Crippen molar-refractivity contribution in [2.75, 3.05) is 20.3 Å². The van der Waals surface area contributed by atoms with E-state index in [1.54, 1.807) is 24.2 Å². The molecule has 0 heterocycles. The van der Waals surface area contributed by atoms with E-state index in [2.05, 4.69) is 13.8 Å². The molecule has 0 aliphatic carbocycles. The molecule has 1 N–H and O–H groups in total. The summed E-state index contributed by atoms with van der Waals surface area (Å²) < 4.78 is 5.26. The van der Waals surface area contributed by atoms with Crippen LogP contribution in [-0.2, 0) is 4.79 Å². The van der Waals surface area contributed by atoms with Crippen LogP contribution in [0.5, 0.6) is 5.75 Å². The van der Waals surface area contributed by atoms with E-state index in [-0.39, 0.29) is 18.6 Å². The average molecular weight is 291 g/mol. The van der Waals surface area contributed by atoms with Gasteiger partial charge in [0.2, 0.25) is 5.91 Å². The number of aliphatic hydroxyl groups excluding tert-OH is 1. The summed E-state index contributed by atoms with van der Waals surface area (Å²) in [5.74, 6) is 0.654. The van der Waals surface area contributed by atoms with E-state index in [4.69, 9.17) is 9.84 Å². The van der Waals surface area contributed by atoms with Crippen LogP contribution >= 0.6 is 0 Å². The highest BCUT2D eigenvalue weighted by Crippen LogP contribution is 2.19. The molecule has 116 valence electrons. The van der Waals surface area contributed by atoms with Crippen molar-refractivity contribution in [3.05, 3.63) is 35.9 Å². The zero-order valence-corrected chi connectivity index (χ0v) is 13.1. The van der Waals surface area contributed by atoms with Crippen LogP contribution in [0.25, 0.3) is 6.08 Å². The summed E-state index contributed by atoms with van der Waals surface area (Å²) in [6, 6.07) is 7.71. The summed E-state index contributed by atoms with van der Waals surface area (Å²) in [6.07, 6.45) is 5.06. The molecule has 0 saturated heterocycles. The molecule has 0 aliphatic heterocycles. The quantitative estimate of drug-likeness (QED) is 0.749. The molecule has 21 heavy (non-hydrogen) atoms. The largest absolute Gasteiger partial charge is 0.496 e. The molecule has 0 fully saturated rings. The molecule has 0 spiro atoms. The molecule has 0 saturated carbocycles. The van der Waals surface area contributed by atoms with Gasteiger partial charge in [-0.15, -0.1) is 0 Å². The molecule has 1 aromatic rings. The maximum Gasteiger partial charge on any atom is 0.246 e. The third-order valence-corrected chi connectivity index (χ3v) is 3.55. The van der Waals surface area contributed by atoms with Gasteiger partial charge in [-0.05, 0) is 25.0 Å². The second-order valence-corrected chi connectivity index (χ2v) is 4.80. The number of amides is 1. The van der Waals surface area contributed by atoms with E-state index < -0.39 is 0 Å². The Labute approximate surface area is 127 Å². The molecular formula is C17H25NO3. The first-order valence-electron chi connectivity index (χ1n) is 7.40. The Morgan fingerprint density at radius 2 is 2.00 bits per heavy atom. The van der Waals surface area contributed by atoms with Crippen LogP contribution in [0.4, 0.5) is 0 Å². The standard InChI is InChI=1S/C17H25NO3/c1-4-15(5-2)18(12-13-19)17(20)11-10-14-8-6-7-9-16(14)21-3/h6-11,15,19H,4-5,12-13H2,1-3H3. The number of hydrogen-bond donors (Lipinski definition) is 1. The smallest absolute Gasteiger partial charge is 0.246 e. The minimum atomic E-state index is -0.0799. The molecule has 4 heteroatoms. The summed E-state index contributed by atoms with van der Waals surface area (Å²) in [7, 11) is 1.61. The zero-order chi connectivity index (χ0) is 15.7. The van der Waals surface area contributed by atoms with Crippen molar-refractivity contribution in [2.45, 2.75) is 32.7 Å². The van der Waals surface area contributed by atoms with Gasteiger partial charge in [0.25, 0.3) is 0 Å². The van der Waals surface area contributed by atoms with Gasteiger partial charge in [0.15, 0.2) is 0 Å². The van der Waals surface area contributed by atoms with Crippen LogP contribution in [0.2, 0.25) is 0 Å². The van der Waals surface area contributed by atoms with E-state index in [1.807, 2.05) is 24.3 Å². The van der Waals surface area contributed by atoms with Crippen molar-refractivity contribution in [1.29, 1.82) is 0 Å². The number of nitrogens with zero attached hydrogens (tertiary/aromatic N) is 1. The molecule has 0 bridgehead atoms. The highest BCUT2D eigenvalue weighted by molar-refractivity contribution is 5.92. The highest BCUT2D eigenvalue weighted by Gasteiger charge is 2.18. The van der Waals surface area contributed by atoms with Crippen molar-refractivity contribution in [2.24, 2.45) is 0 Å². The fraction of sp³-hybridized carbons (Fsp3) is 0.471. The first-order chi connectivity index (χ1) is 10.2. The van der Waals surface area contributed by atoms with Gasteiger partial charge in [0.1, 0.15) is 5.75 Å². The van der Waals surface area contributed by atoms with E-state index >= 15 is 0 Å². The monoisotopic (exact) mass is 291 g/mol. The van der Waals surface area contributed by atoms with Gasteiger partial charge in [-0.25, -0.2) is 0 Å². The van der Waals surface area contributed by atoms with Crippen molar-refractivity contribution < 1.29 is 14.6 Å². The lowest BCUT2D eigenvalue weighted by atomic mass is 10.1. The number of aliphatic hydroxyl groups is 1. The normalized spacial score (nSPS) is 11.1. The number of para-hydroxylation sites is 1. The van der Waals surface area contributed by atoms with Crippen LogP contribution in [0, 0.1) is 0 Å². The topological polar surface area (TPSA) is 49.8 Å². The molecule has 0 aromatic heterocycles. The minimum Gasteiger partial charge on any atom is -0.496 e. The second-order valence-electron chi connectivity index (χ2n) is 4.80. The van der Waals surface area contributed by atoms with Gasteiger partial charge in [0.05, 0.1) is 13.7 Å². The third kappa shape index (κ3) is 4.90. The van der Waals surface area contributed by atoms with Gasteiger partial charge >= 0.3 is 0 Å². The van der Waals surface area contributed by atoms with Crippen LogP contribution < -0.4 is 4.74 Å². The molecule has 1 rings (SSSR count). The average Bonchev–Trinajstić information content (AvgIpc) is 2.53. The molecule has 0 aliphatic rings. The predicted molar refractivity (Wildman–Crippen MR) is 85.2 cm³/mol. The number of hydrogen-bond acceptors (Lipinski definition) is 3. The predicted octanol–water partition coefficient (Wildman–Crippen LogP) is 2.72. The lowest BCUT2D eigenvalue weighted by Gasteiger charge is -2.29. The Balaban J connectivity index is 2.87. The second kappa shape index (κ2) is 9.19. The summed E-state index contributed by atoms with van der Waals surface area (Å²) in [5.41, 5.74) is 0.863. The van der Waals surface area contributed by atoms with Crippen LogP contribution in [0.1, 0.15) is 32.3 Å². The Kier molecular flexibility index (Phi) is 7.54. The Morgan fingerprint density at radius 3 is 2.57 bits per heavy atom. The van der Waals surface area contributed by atoms with Crippen molar-refractivity contribution in [3.63, 3.8) is 0 Å². The maximum atomic E-state index is 12.4. The molecule has 4 nitrogen and oxygen atoms in total. The first-order valence-corrected chi connectivity index (χ1v) is 7.40. The van der Waals surface area contributed by atoms with Crippen molar-refractivity contribution in [1.82, 2.24) is 4.90 Å². The molecular weight excluding hydrogens is 266 g/mol. The van der Waals surface area contributed by atoms with Crippen molar-refractivity contribution >= 4 is 12.0 Å². The van der Waals surface area contributed by atoms with E-state index in [9.17, 15) is 4.79 Å². The van der Waals surface area contributed by atoms with E-state index in [0.717, 1.165) is 24.2 Å². The number of benzene rings is 1.